The molecule has 28 heavy (non-hydrogen) atoms. The van der Waals surface area contributed by atoms with E-state index in [4.69, 9.17) is 28.6 Å². The van der Waals surface area contributed by atoms with Gasteiger partial charge < -0.3 is 15.4 Å². The molecule has 6 heteroatoms. The minimum atomic E-state index is -0.453. The van der Waals surface area contributed by atoms with Gasteiger partial charge in [-0.3, -0.25) is 0 Å². The lowest BCUT2D eigenvalue weighted by Crippen LogP contribution is -2.35. The monoisotopic (exact) mass is 418 g/mol. The number of nitrogens with one attached hydrogen (secondary N) is 2. The van der Waals surface area contributed by atoms with Gasteiger partial charge in [0.15, 0.2) is 5.11 Å². The predicted molar refractivity (Wildman–Crippen MR) is 120 cm³/mol. The fourth-order valence-electron chi connectivity index (χ4n) is 3.05. The predicted octanol–water partition coefficient (Wildman–Crippen LogP) is 5.82. The molecule has 0 saturated heterocycles. The van der Waals surface area contributed by atoms with Gasteiger partial charge in [0.1, 0.15) is 0 Å². The molecule has 0 bridgehead atoms. The number of carbonyl (C=O) groups is 1. The number of carbonyl (C=O) groups excluding carboxylic acids is 1. The maximum absolute atomic E-state index is 12.0. The molecule has 2 aromatic rings. The maximum Gasteiger partial charge on any atom is 0.339 e. The largest absolute Gasteiger partial charge is 0.462 e. The summed E-state index contributed by atoms with van der Waals surface area (Å²) in [5, 5.41) is 7.38. The van der Waals surface area contributed by atoms with Gasteiger partial charge in [0, 0.05) is 5.69 Å². The van der Waals surface area contributed by atoms with Crippen LogP contribution in [0.2, 0.25) is 5.02 Å². The van der Waals surface area contributed by atoms with E-state index in [1.165, 1.54) is 16.7 Å². The van der Waals surface area contributed by atoms with Crippen LogP contribution >= 0.6 is 23.8 Å². The molecule has 1 atom stereocenters. The molecule has 150 valence electrons. The lowest BCUT2D eigenvalue weighted by molar-refractivity contribution is 0.0526. The molecule has 0 fully saturated rings. The number of aryl methyl sites for hydroxylation is 2. The van der Waals surface area contributed by atoms with Crippen molar-refractivity contribution in [2.45, 2.75) is 40.7 Å². The van der Waals surface area contributed by atoms with Gasteiger partial charge in [-0.1, -0.05) is 49.2 Å². The molecule has 4 nitrogen and oxygen atoms in total. The van der Waals surface area contributed by atoms with Gasteiger partial charge in [0.2, 0.25) is 0 Å². The van der Waals surface area contributed by atoms with Gasteiger partial charge in [-0.05, 0) is 68.2 Å². The van der Waals surface area contributed by atoms with Gasteiger partial charge >= 0.3 is 5.97 Å². The lowest BCUT2D eigenvalue weighted by Gasteiger charge is -2.26. The number of anilines is 1. The molecular formula is C22H27ClN2O2S. The normalized spacial score (nSPS) is 11.8. The van der Waals surface area contributed by atoms with Crippen LogP contribution in [0.3, 0.4) is 0 Å². The molecule has 2 N–H and O–H groups in total. The standard InChI is InChI=1S/C22H27ClN2O2S/c1-6-27-21(26)18-12-16(8-10-19(18)23)24-22(28)25-20(13(2)3)17-9-7-14(4)11-15(17)5/h7-13,20H,6H2,1-5H3,(H2,24,25,28)/t20-/m1/s1. The third kappa shape index (κ3) is 5.69. The number of hydrogen-bond donors (Lipinski definition) is 2. The summed E-state index contributed by atoms with van der Waals surface area (Å²) in [7, 11) is 0. The highest BCUT2D eigenvalue weighted by atomic mass is 35.5. The topological polar surface area (TPSA) is 50.4 Å². The third-order valence-corrected chi connectivity index (χ3v) is 4.98. The van der Waals surface area contributed by atoms with E-state index in [1.54, 1.807) is 25.1 Å². The van der Waals surface area contributed by atoms with E-state index in [9.17, 15) is 4.79 Å². The zero-order valence-electron chi connectivity index (χ0n) is 16.9. The zero-order valence-corrected chi connectivity index (χ0v) is 18.5. The number of rotatable bonds is 6. The summed E-state index contributed by atoms with van der Waals surface area (Å²) >= 11 is 11.6. The molecule has 0 aliphatic rings. The van der Waals surface area contributed by atoms with Crippen molar-refractivity contribution in [3.05, 3.63) is 63.7 Å². The van der Waals surface area contributed by atoms with Crippen LogP contribution in [-0.4, -0.2) is 17.7 Å². The van der Waals surface area contributed by atoms with Crippen LogP contribution in [0.1, 0.15) is 53.9 Å². The second-order valence-corrected chi connectivity index (χ2v) is 7.91. The van der Waals surface area contributed by atoms with Crippen LogP contribution in [0, 0.1) is 19.8 Å². The highest BCUT2D eigenvalue weighted by molar-refractivity contribution is 7.80. The summed E-state index contributed by atoms with van der Waals surface area (Å²) in [5.41, 5.74) is 4.66. The Morgan fingerprint density at radius 1 is 1.18 bits per heavy atom. The average molecular weight is 419 g/mol. The van der Waals surface area contributed by atoms with Crippen molar-refractivity contribution >= 4 is 40.6 Å². The van der Waals surface area contributed by atoms with Crippen LogP contribution in [0.15, 0.2) is 36.4 Å². The molecule has 2 aromatic carbocycles. The first-order chi connectivity index (χ1) is 13.2. The summed E-state index contributed by atoms with van der Waals surface area (Å²) in [6, 6.07) is 11.6. The van der Waals surface area contributed by atoms with Gasteiger partial charge in [-0.15, -0.1) is 0 Å². The van der Waals surface area contributed by atoms with E-state index >= 15 is 0 Å². The lowest BCUT2D eigenvalue weighted by atomic mass is 9.92. The van der Waals surface area contributed by atoms with E-state index in [1.807, 2.05) is 0 Å². The number of ether oxygens (including phenoxy) is 1. The van der Waals surface area contributed by atoms with E-state index in [-0.39, 0.29) is 6.04 Å². The number of benzene rings is 2. The van der Waals surface area contributed by atoms with Crippen molar-refractivity contribution in [1.82, 2.24) is 5.32 Å². The second kappa shape index (κ2) is 9.89. The van der Waals surface area contributed by atoms with Crippen molar-refractivity contribution in [2.24, 2.45) is 5.92 Å². The highest BCUT2D eigenvalue weighted by Crippen LogP contribution is 2.26. The molecule has 0 spiro atoms. The molecule has 2 rings (SSSR count). The van der Waals surface area contributed by atoms with Crippen molar-refractivity contribution in [2.75, 3.05) is 11.9 Å². The minimum Gasteiger partial charge on any atom is -0.462 e. The fraction of sp³-hybridized carbons (Fsp3) is 0.364. The Balaban J connectivity index is 2.17. The first-order valence-electron chi connectivity index (χ1n) is 9.34. The van der Waals surface area contributed by atoms with Crippen molar-refractivity contribution in [3.63, 3.8) is 0 Å². The highest BCUT2D eigenvalue weighted by Gasteiger charge is 2.19. The Bertz CT molecular complexity index is 868. The van der Waals surface area contributed by atoms with E-state index in [0.29, 0.717) is 33.9 Å². The Morgan fingerprint density at radius 3 is 2.50 bits per heavy atom. The summed E-state index contributed by atoms with van der Waals surface area (Å²) in [5.74, 6) is -0.119. The summed E-state index contributed by atoms with van der Waals surface area (Å²) in [4.78, 5) is 12.0. The van der Waals surface area contributed by atoms with Crippen LogP contribution in [0.5, 0.6) is 0 Å². The number of halogens is 1. The molecular weight excluding hydrogens is 392 g/mol. The Hall–Kier alpha value is -2.11. The van der Waals surface area contributed by atoms with Crippen LogP contribution in [0.25, 0.3) is 0 Å². The minimum absolute atomic E-state index is 0.0671. The van der Waals surface area contributed by atoms with Crippen LogP contribution in [-0.2, 0) is 4.74 Å². The number of thiocarbonyl (C=S) groups is 1. The van der Waals surface area contributed by atoms with Gasteiger partial charge in [0.25, 0.3) is 0 Å². The fourth-order valence-corrected chi connectivity index (χ4v) is 3.49. The Morgan fingerprint density at radius 2 is 1.89 bits per heavy atom. The number of hydrogen-bond acceptors (Lipinski definition) is 3. The molecule has 0 radical (unpaired) electrons. The van der Waals surface area contributed by atoms with Gasteiger partial charge in [-0.2, -0.15) is 0 Å². The first-order valence-corrected chi connectivity index (χ1v) is 10.1. The Kier molecular flexibility index (Phi) is 7.84. The summed E-state index contributed by atoms with van der Waals surface area (Å²) in [6.45, 7) is 10.6. The molecule has 0 unspecified atom stereocenters. The smallest absolute Gasteiger partial charge is 0.339 e. The van der Waals surface area contributed by atoms with Gasteiger partial charge in [0.05, 0.1) is 23.2 Å². The zero-order chi connectivity index (χ0) is 20.8. The van der Waals surface area contributed by atoms with E-state index in [0.717, 1.165) is 0 Å². The summed E-state index contributed by atoms with van der Waals surface area (Å²) < 4.78 is 5.05. The molecule has 0 aliphatic heterocycles. The molecule has 0 saturated carbocycles. The maximum atomic E-state index is 12.0. The average Bonchev–Trinajstić information content (AvgIpc) is 2.62. The van der Waals surface area contributed by atoms with Crippen molar-refractivity contribution in [3.8, 4) is 0 Å². The molecule has 0 heterocycles. The molecule has 0 amide bonds. The van der Waals surface area contributed by atoms with Gasteiger partial charge in [-0.25, -0.2) is 4.79 Å². The van der Waals surface area contributed by atoms with Crippen LogP contribution in [0.4, 0.5) is 5.69 Å². The summed E-state index contributed by atoms with van der Waals surface area (Å²) in [6.07, 6.45) is 0. The quantitative estimate of drug-likeness (QED) is 0.457. The third-order valence-electron chi connectivity index (χ3n) is 4.43. The van der Waals surface area contributed by atoms with Crippen molar-refractivity contribution in [1.29, 1.82) is 0 Å². The van der Waals surface area contributed by atoms with Crippen molar-refractivity contribution < 1.29 is 9.53 Å². The van der Waals surface area contributed by atoms with Crippen LogP contribution < -0.4 is 10.6 Å². The van der Waals surface area contributed by atoms with E-state index < -0.39 is 5.97 Å². The van der Waals surface area contributed by atoms with E-state index in [2.05, 4.69) is 56.5 Å². The second-order valence-electron chi connectivity index (χ2n) is 7.10. The first kappa shape index (κ1) is 22.2. The molecule has 0 aliphatic carbocycles. The molecule has 0 aromatic heterocycles. The number of esters is 1. The Labute approximate surface area is 177 Å². The SMILES string of the molecule is CCOC(=O)c1cc(NC(=S)N[C@@H](c2ccc(C)cc2C)C(C)C)ccc1Cl.